The standard InChI is InChI=1S/C19H28N4O4/c1-2-27-17-5-3-16(4-6-17)23-14-15(13-18(23)24)21-19(25)20-7-8-22-9-11-26-12-10-22/h3-6,15H,2,7-14H2,1H3,(H2,20,21,25)/p+1/t15-/m1/s1. The van der Waals surface area contributed by atoms with Crippen LogP contribution in [0, 0.1) is 0 Å². The molecule has 3 amide bonds. The Kier molecular flexibility index (Phi) is 6.89. The largest absolute Gasteiger partial charge is 0.494 e. The molecule has 2 aliphatic rings. The second-order valence-electron chi connectivity index (χ2n) is 6.84. The van der Waals surface area contributed by atoms with E-state index in [1.165, 1.54) is 4.90 Å². The summed E-state index contributed by atoms with van der Waals surface area (Å²) in [6.45, 7) is 8.06. The monoisotopic (exact) mass is 377 g/mol. The number of nitrogens with zero attached hydrogens (tertiary/aromatic N) is 1. The van der Waals surface area contributed by atoms with Gasteiger partial charge in [0.05, 0.1) is 39.0 Å². The molecular formula is C19H29N4O4+. The zero-order chi connectivity index (χ0) is 19.1. The minimum Gasteiger partial charge on any atom is -0.494 e. The van der Waals surface area contributed by atoms with Crippen LogP contribution in [-0.4, -0.2) is 70.5 Å². The summed E-state index contributed by atoms with van der Waals surface area (Å²) in [4.78, 5) is 27.6. The Bertz CT molecular complexity index is 631. The molecule has 8 nitrogen and oxygen atoms in total. The maximum atomic E-state index is 12.3. The van der Waals surface area contributed by atoms with Crippen LogP contribution in [0.25, 0.3) is 0 Å². The Morgan fingerprint density at radius 2 is 2.04 bits per heavy atom. The van der Waals surface area contributed by atoms with Crippen LogP contribution in [-0.2, 0) is 9.53 Å². The van der Waals surface area contributed by atoms with Gasteiger partial charge in [-0.15, -0.1) is 0 Å². The lowest BCUT2D eigenvalue weighted by atomic mass is 10.2. The molecule has 8 heteroatoms. The Labute approximate surface area is 159 Å². The van der Waals surface area contributed by atoms with Gasteiger partial charge in [0.15, 0.2) is 0 Å². The number of morpholine rings is 1. The molecule has 0 aromatic heterocycles. The van der Waals surface area contributed by atoms with Gasteiger partial charge < -0.3 is 29.9 Å². The lowest BCUT2D eigenvalue weighted by Crippen LogP contribution is -3.14. The summed E-state index contributed by atoms with van der Waals surface area (Å²) in [7, 11) is 0. The highest BCUT2D eigenvalue weighted by molar-refractivity contribution is 5.96. The number of rotatable bonds is 7. The van der Waals surface area contributed by atoms with Crippen LogP contribution in [0.1, 0.15) is 13.3 Å². The van der Waals surface area contributed by atoms with Crippen molar-refractivity contribution in [2.24, 2.45) is 0 Å². The number of hydrogen-bond donors (Lipinski definition) is 3. The van der Waals surface area contributed by atoms with Crippen molar-refractivity contribution in [1.82, 2.24) is 10.6 Å². The molecule has 0 unspecified atom stereocenters. The first-order valence-corrected chi connectivity index (χ1v) is 9.64. The van der Waals surface area contributed by atoms with Crippen molar-refractivity contribution >= 4 is 17.6 Å². The van der Waals surface area contributed by atoms with E-state index in [9.17, 15) is 9.59 Å². The normalized spacial score (nSPS) is 20.6. The van der Waals surface area contributed by atoms with Crippen LogP contribution in [0.5, 0.6) is 5.75 Å². The zero-order valence-electron chi connectivity index (χ0n) is 15.8. The SMILES string of the molecule is CCOc1ccc(N2C[C@H](NC(=O)NCC[NH+]3CCOCC3)CC2=O)cc1. The fourth-order valence-corrected chi connectivity index (χ4v) is 3.44. The second kappa shape index (κ2) is 9.57. The molecule has 2 aliphatic heterocycles. The maximum Gasteiger partial charge on any atom is 0.315 e. The lowest BCUT2D eigenvalue weighted by Gasteiger charge is -2.23. The van der Waals surface area contributed by atoms with Crippen molar-refractivity contribution < 1.29 is 24.0 Å². The molecule has 0 bridgehead atoms. The molecule has 2 saturated heterocycles. The maximum absolute atomic E-state index is 12.3. The average molecular weight is 377 g/mol. The Morgan fingerprint density at radius 1 is 1.30 bits per heavy atom. The molecule has 1 aromatic rings. The van der Waals surface area contributed by atoms with E-state index >= 15 is 0 Å². The Morgan fingerprint density at radius 3 is 2.74 bits per heavy atom. The van der Waals surface area contributed by atoms with Gasteiger partial charge in [-0.3, -0.25) is 4.79 Å². The van der Waals surface area contributed by atoms with Crippen molar-refractivity contribution in [3.05, 3.63) is 24.3 Å². The van der Waals surface area contributed by atoms with Gasteiger partial charge >= 0.3 is 6.03 Å². The molecule has 2 fully saturated rings. The summed E-state index contributed by atoms with van der Waals surface area (Å²) >= 11 is 0. The van der Waals surface area contributed by atoms with E-state index in [0.717, 1.165) is 44.3 Å². The molecule has 0 aliphatic carbocycles. The first-order chi connectivity index (χ1) is 13.2. The van der Waals surface area contributed by atoms with E-state index in [1.54, 1.807) is 4.90 Å². The molecule has 3 rings (SSSR count). The van der Waals surface area contributed by atoms with Gasteiger partial charge in [-0.05, 0) is 31.2 Å². The minimum atomic E-state index is -0.214. The van der Waals surface area contributed by atoms with E-state index in [2.05, 4.69) is 10.6 Å². The van der Waals surface area contributed by atoms with Gasteiger partial charge in [-0.2, -0.15) is 0 Å². The predicted octanol–water partition coefficient (Wildman–Crippen LogP) is -0.595. The number of hydrogen-bond acceptors (Lipinski definition) is 4. The average Bonchev–Trinajstić information content (AvgIpc) is 3.03. The van der Waals surface area contributed by atoms with Crippen LogP contribution in [0.4, 0.5) is 10.5 Å². The van der Waals surface area contributed by atoms with Crippen LogP contribution in [0.2, 0.25) is 0 Å². The van der Waals surface area contributed by atoms with Crippen molar-refractivity contribution in [2.75, 3.05) is 57.4 Å². The minimum absolute atomic E-state index is 0.0159. The zero-order valence-corrected chi connectivity index (χ0v) is 15.8. The highest BCUT2D eigenvalue weighted by Crippen LogP contribution is 2.24. The molecule has 148 valence electrons. The summed E-state index contributed by atoms with van der Waals surface area (Å²) in [5.41, 5.74) is 0.823. The van der Waals surface area contributed by atoms with Crippen LogP contribution in [0.15, 0.2) is 24.3 Å². The first kappa shape index (κ1) is 19.4. The van der Waals surface area contributed by atoms with Gasteiger partial charge in [-0.1, -0.05) is 0 Å². The van der Waals surface area contributed by atoms with E-state index in [1.807, 2.05) is 31.2 Å². The lowest BCUT2D eigenvalue weighted by molar-refractivity contribution is -0.906. The number of benzene rings is 1. The second-order valence-corrected chi connectivity index (χ2v) is 6.84. The van der Waals surface area contributed by atoms with Gasteiger partial charge in [0.25, 0.3) is 0 Å². The van der Waals surface area contributed by atoms with E-state index in [-0.39, 0.29) is 18.0 Å². The van der Waals surface area contributed by atoms with Gasteiger partial charge in [0.2, 0.25) is 5.91 Å². The van der Waals surface area contributed by atoms with E-state index in [4.69, 9.17) is 9.47 Å². The Balaban J connectivity index is 1.42. The number of ether oxygens (including phenoxy) is 2. The topological polar surface area (TPSA) is 84.3 Å². The molecule has 1 atom stereocenters. The molecular weight excluding hydrogens is 348 g/mol. The van der Waals surface area contributed by atoms with Crippen molar-refractivity contribution in [3.8, 4) is 5.75 Å². The third-order valence-electron chi connectivity index (χ3n) is 4.88. The van der Waals surface area contributed by atoms with Crippen LogP contribution < -0.4 is 25.2 Å². The molecule has 3 N–H and O–H groups in total. The van der Waals surface area contributed by atoms with Crippen molar-refractivity contribution in [2.45, 2.75) is 19.4 Å². The molecule has 1 aromatic carbocycles. The number of amides is 3. The molecule has 0 spiro atoms. The number of nitrogens with one attached hydrogen (secondary N) is 3. The van der Waals surface area contributed by atoms with Crippen molar-refractivity contribution in [1.29, 1.82) is 0 Å². The molecule has 0 saturated carbocycles. The summed E-state index contributed by atoms with van der Waals surface area (Å²) in [5.74, 6) is 0.798. The predicted molar refractivity (Wildman–Crippen MR) is 101 cm³/mol. The summed E-state index contributed by atoms with van der Waals surface area (Å²) in [6.07, 6.45) is 0.315. The fourth-order valence-electron chi connectivity index (χ4n) is 3.44. The third-order valence-corrected chi connectivity index (χ3v) is 4.88. The molecule has 0 radical (unpaired) electrons. The number of carbonyl (C=O) groups is 2. The molecule has 2 heterocycles. The quantitative estimate of drug-likeness (QED) is 0.593. The first-order valence-electron chi connectivity index (χ1n) is 9.64. The fraction of sp³-hybridized carbons (Fsp3) is 0.579. The summed E-state index contributed by atoms with van der Waals surface area (Å²) in [5, 5.41) is 5.80. The third kappa shape index (κ3) is 5.58. The van der Waals surface area contributed by atoms with E-state index < -0.39 is 0 Å². The number of carbonyl (C=O) groups excluding carboxylic acids is 2. The van der Waals surface area contributed by atoms with Gasteiger partial charge in [-0.25, -0.2) is 4.79 Å². The summed E-state index contributed by atoms with van der Waals surface area (Å²) < 4.78 is 10.8. The number of anilines is 1. The summed E-state index contributed by atoms with van der Waals surface area (Å²) in [6, 6.07) is 7.06. The van der Waals surface area contributed by atoms with Crippen LogP contribution in [0.3, 0.4) is 0 Å². The van der Waals surface area contributed by atoms with Gasteiger partial charge in [0, 0.05) is 18.7 Å². The van der Waals surface area contributed by atoms with Gasteiger partial charge in [0.1, 0.15) is 18.8 Å². The van der Waals surface area contributed by atoms with Crippen molar-refractivity contribution in [3.63, 3.8) is 0 Å². The highest BCUT2D eigenvalue weighted by Gasteiger charge is 2.31. The molecule has 27 heavy (non-hydrogen) atoms. The Hall–Kier alpha value is -2.32. The highest BCUT2D eigenvalue weighted by atomic mass is 16.5. The number of quaternary nitrogens is 1. The van der Waals surface area contributed by atoms with Crippen LogP contribution >= 0.6 is 0 Å². The number of urea groups is 1. The smallest absolute Gasteiger partial charge is 0.315 e. The van der Waals surface area contributed by atoms with E-state index in [0.29, 0.717) is 26.1 Å².